The smallest absolute Gasteiger partial charge is 0.243 e. The monoisotopic (exact) mass is 428 g/mol. The van der Waals surface area contributed by atoms with E-state index in [1.807, 2.05) is 23.1 Å². The highest BCUT2D eigenvalue weighted by molar-refractivity contribution is 7.92. The van der Waals surface area contributed by atoms with Crippen molar-refractivity contribution in [3.05, 3.63) is 65.7 Å². The van der Waals surface area contributed by atoms with Crippen molar-refractivity contribution >= 4 is 21.6 Å². The largest absolute Gasteiger partial charge is 0.341 e. The Balaban J connectivity index is 1.61. The normalized spacial score (nSPS) is 15.4. The zero-order valence-corrected chi connectivity index (χ0v) is 18.9. The lowest BCUT2D eigenvalue weighted by Gasteiger charge is -2.33. The van der Waals surface area contributed by atoms with E-state index in [1.165, 1.54) is 9.87 Å². The molecule has 30 heavy (non-hydrogen) atoms. The van der Waals surface area contributed by atoms with Crippen molar-refractivity contribution in [3.8, 4) is 0 Å². The molecule has 0 radical (unpaired) electrons. The summed E-state index contributed by atoms with van der Waals surface area (Å²) in [5.41, 5.74) is 3.00. The van der Waals surface area contributed by atoms with Gasteiger partial charge in [-0.3, -0.25) is 9.10 Å². The Labute approximate surface area is 180 Å². The van der Waals surface area contributed by atoms with Crippen LogP contribution in [0, 0.1) is 5.92 Å². The molecule has 1 saturated heterocycles. The molecule has 2 aromatic carbocycles. The highest BCUT2D eigenvalue weighted by Gasteiger charge is 2.27. The number of hydrogen-bond acceptors (Lipinski definition) is 3. The summed E-state index contributed by atoms with van der Waals surface area (Å²) in [5, 5.41) is 0. The van der Waals surface area contributed by atoms with Crippen molar-refractivity contribution in [3.63, 3.8) is 0 Å². The van der Waals surface area contributed by atoms with Gasteiger partial charge in [0.05, 0.1) is 11.9 Å². The number of sulfonamides is 1. The molecule has 0 atom stereocenters. The molecule has 6 heteroatoms. The summed E-state index contributed by atoms with van der Waals surface area (Å²) >= 11 is 0. The number of carbonyl (C=O) groups is 1. The summed E-state index contributed by atoms with van der Waals surface area (Å²) in [4.78, 5) is 14.7. The molecule has 162 valence electrons. The molecule has 2 aromatic rings. The Kier molecular flexibility index (Phi) is 7.19. The fraction of sp³-hybridized carbons (Fsp3) is 0.458. The Hall–Kier alpha value is -2.34. The average molecular weight is 429 g/mol. The first-order chi connectivity index (χ1) is 14.2. The van der Waals surface area contributed by atoms with E-state index in [1.54, 1.807) is 12.1 Å². The van der Waals surface area contributed by atoms with Gasteiger partial charge in [-0.1, -0.05) is 56.3 Å². The zero-order chi connectivity index (χ0) is 21.7. The van der Waals surface area contributed by atoms with Crippen LogP contribution in [0.1, 0.15) is 43.7 Å². The third-order valence-corrected chi connectivity index (χ3v) is 7.00. The van der Waals surface area contributed by atoms with E-state index in [4.69, 9.17) is 0 Å². The Morgan fingerprint density at radius 2 is 1.63 bits per heavy atom. The summed E-state index contributed by atoms with van der Waals surface area (Å²) < 4.78 is 26.0. The Morgan fingerprint density at radius 1 is 1.03 bits per heavy atom. The van der Waals surface area contributed by atoms with Gasteiger partial charge < -0.3 is 4.90 Å². The molecule has 0 aliphatic carbocycles. The summed E-state index contributed by atoms with van der Waals surface area (Å²) in [6.45, 7) is 5.40. The van der Waals surface area contributed by atoms with E-state index in [9.17, 15) is 13.2 Å². The first kappa shape index (κ1) is 22.3. The van der Waals surface area contributed by atoms with Crippen molar-refractivity contribution in [2.75, 3.05) is 30.2 Å². The van der Waals surface area contributed by atoms with Crippen LogP contribution < -0.4 is 4.31 Å². The molecular weight excluding hydrogens is 396 g/mol. The SMILES string of the molecule is CC(C)c1ccc(N(CC(=O)N2CCC(Cc3ccccc3)CC2)S(C)(=O)=O)cc1. The number of amides is 1. The van der Waals surface area contributed by atoms with Gasteiger partial charge in [-0.2, -0.15) is 0 Å². The summed E-state index contributed by atoms with van der Waals surface area (Å²) in [6.07, 6.45) is 4.08. The Morgan fingerprint density at radius 3 is 2.17 bits per heavy atom. The molecule has 0 saturated carbocycles. The van der Waals surface area contributed by atoms with E-state index < -0.39 is 10.0 Å². The lowest BCUT2D eigenvalue weighted by Crippen LogP contribution is -2.45. The van der Waals surface area contributed by atoms with Crippen LogP contribution in [0.3, 0.4) is 0 Å². The molecule has 1 aliphatic heterocycles. The molecule has 1 heterocycles. The lowest BCUT2D eigenvalue weighted by molar-refractivity contribution is -0.130. The number of rotatable bonds is 7. The van der Waals surface area contributed by atoms with Gasteiger partial charge in [0.15, 0.2) is 0 Å². The third kappa shape index (κ3) is 5.85. The van der Waals surface area contributed by atoms with Gasteiger partial charge in [0.25, 0.3) is 0 Å². The highest BCUT2D eigenvalue weighted by Crippen LogP contribution is 2.24. The Bertz CT molecular complexity index is 932. The fourth-order valence-electron chi connectivity index (χ4n) is 3.98. The minimum Gasteiger partial charge on any atom is -0.341 e. The third-order valence-electron chi connectivity index (χ3n) is 5.86. The summed E-state index contributed by atoms with van der Waals surface area (Å²) in [5.74, 6) is 0.794. The van der Waals surface area contributed by atoms with Crippen LogP contribution in [0.2, 0.25) is 0 Å². The predicted molar refractivity (Wildman–Crippen MR) is 122 cm³/mol. The molecule has 5 nitrogen and oxygen atoms in total. The van der Waals surface area contributed by atoms with Crippen LogP contribution >= 0.6 is 0 Å². The van der Waals surface area contributed by atoms with Gasteiger partial charge in [0.2, 0.25) is 15.9 Å². The molecule has 1 fully saturated rings. The molecule has 1 amide bonds. The maximum absolute atomic E-state index is 12.9. The van der Waals surface area contributed by atoms with Gasteiger partial charge in [-0.15, -0.1) is 0 Å². The maximum Gasteiger partial charge on any atom is 0.243 e. The molecule has 0 bridgehead atoms. The molecule has 0 aromatic heterocycles. The van der Waals surface area contributed by atoms with Crippen LogP contribution in [0.4, 0.5) is 5.69 Å². The number of nitrogens with zero attached hydrogens (tertiary/aromatic N) is 2. The van der Waals surface area contributed by atoms with Crippen molar-refractivity contribution in [2.24, 2.45) is 5.92 Å². The van der Waals surface area contributed by atoms with Crippen molar-refractivity contribution in [1.29, 1.82) is 0 Å². The number of hydrogen-bond donors (Lipinski definition) is 0. The topological polar surface area (TPSA) is 57.7 Å². The fourth-order valence-corrected chi connectivity index (χ4v) is 4.83. The number of benzene rings is 2. The van der Waals surface area contributed by atoms with Gasteiger partial charge in [0, 0.05) is 13.1 Å². The minimum absolute atomic E-state index is 0.133. The molecule has 1 aliphatic rings. The quantitative estimate of drug-likeness (QED) is 0.668. The predicted octanol–water partition coefficient (Wildman–Crippen LogP) is 4.06. The van der Waals surface area contributed by atoms with Crippen LogP contribution in [0.25, 0.3) is 0 Å². The molecule has 0 N–H and O–H groups in total. The second-order valence-electron chi connectivity index (χ2n) is 8.53. The van der Waals surface area contributed by atoms with Gasteiger partial charge in [-0.25, -0.2) is 8.42 Å². The minimum atomic E-state index is -3.55. The van der Waals surface area contributed by atoms with Crippen molar-refractivity contribution in [2.45, 2.75) is 39.0 Å². The van der Waals surface area contributed by atoms with E-state index in [-0.39, 0.29) is 12.5 Å². The highest BCUT2D eigenvalue weighted by atomic mass is 32.2. The van der Waals surface area contributed by atoms with E-state index >= 15 is 0 Å². The van der Waals surface area contributed by atoms with Gasteiger partial charge in [-0.05, 0) is 54.4 Å². The molecular formula is C24H32N2O3S. The number of likely N-dealkylation sites (tertiary alicyclic amines) is 1. The van der Waals surface area contributed by atoms with Crippen LogP contribution in [0.15, 0.2) is 54.6 Å². The van der Waals surface area contributed by atoms with Gasteiger partial charge in [0.1, 0.15) is 6.54 Å². The number of anilines is 1. The van der Waals surface area contributed by atoms with Crippen LogP contribution in [-0.4, -0.2) is 45.1 Å². The maximum atomic E-state index is 12.9. The summed E-state index contributed by atoms with van der Waals surface area (Å²) in [6, 6.07) is 17.9. The number of carbonyl (C=O) groups excluding carboxylic acids is 1. The molecule has 0 spiro atoms. The lowest BCUT2D eigenvalue weighted by atomic mass is 9.90. The van der Waals surface area contributed by atoms with Gasteiger partial charge >= 0.3 is 0 Å². The van der Waals surface area contributed by atoms with Crippen molar-refractivity contribution < 1.29 is 13.2 Å². The van der Waals surface area contributed by atoms with Crippen molar-refractivity contribution in [1.82, 2.24) is 4.90 Å². The molecule has 0 unspecified atom stereocenters. The second-order valence-corrected chi connectivity index (χ2v) is 10.4. The van der Waals surface area contributed by atoms with Crippen LogP contribution in [-0.2, 0) is 21.2 Å². The standard InChI is InChI=1S/C24H32N2O3S/c1-19(2)22-9-11-23(12-10-22)26(30(3,28)29)18-24(27)25-15-13-21(14-16-25)17-20-7-5-4-6-8-20/h4-12,19,21H,13-18H2,1-3H3. The second kappa shape index (κ2) is 9.65. The summed E-state index contributed by atoms with van der Waals surface area (Å²) in [7, 11) is -3.55. The van der Waals surface area contributed by atoms with Crippen LogP contribution in [0.5, 0.6) is 0 Å². The van der Waals surface area contributed by atoms with E-state index in [2.05, 4.69) is 38.1 Å². The number of piperidine rings is 1. The zero-order valence-electron chi connectivity index (χ0n) is 18.1. The first-order valence-corrected chi connectivity index (χ1v) is 12.5. The average Bonchev–Trinajstić information content (AvgIpc) is 2.72. The van der Waals surface area contributed by atoms with E-state index in [0.29, 0.717) is 30.6 Å². The first-order valence-electron chi connectivity index (χ1n) is 10.6. The molecule has 3 rings (SSSR count). The van der Waals surface area contributed by atoms with E-state index in [0.717, 1.165) is 31.1 Å².